The van der Waals surface area contributed by atoms with Gasteiger partial charge < -0.3 is 20.1 Å². The lowest BCUT2D eigenvalue weighted by Crippen LogP contribution is -2.72. The number of aliphatic hydroxyl groups is 3. The maximum absolute atomic E-state index is 13.4. The van der Waals surface area contributed by atoms with Gasteiger partial charge in [-0.05, 0) is 116 Å². The Hall–Kier alpha value is -0.910. The van der Waals surface area contributed by atoms with E-state index in [0.717, 1.165) is 43.3 Å². The highest BCUT2D eigenvalue weighted by atomic mass is 16.6. The Morgan fingerprint density at radius 3 is 2.14 bits per heavy atom. The van der Waals surface area contributed by atoms with Crippen LogP contribution >= 0.6 is 0 Å². The summed E-state index contributed by atoms with van der Waals surface area (Å²) in [5.74, 6) is 0.548. The largest absolute Gasteiger partial charge is 0.455 e. The quantitative estimate of drug-likeness (QED) is 0.334. The molecule has 2 aliphatic heterocycles. The highest BCUT2D eigenvalue weighted by Crippen LogP contribution is 2.76. The maximum Gasteiger partial charge on any atom is 0.317 e. The molecule has 0 amide bonds. The van der Waals surface area contributed by atoms with Crippen LogP contribution in [-0.2, 0) is 9.53 Å². The Bertz CT molecular complexity index is 1030. The van der Waals surface area contributed by atoms with Crippen molar-refractivity contribution in [1.29, 1.82) is 0 Å². The van der Waals surface area contributed by atoms with Crippen molar-refractivity contribution in [2.75, 3.05) is 0 Å². The maximum atomic E-state index is 13.4. The van der Waals surface area contributed by atoms with E-state index in [-0.39, 0.29) is 33.7 Å². The van der Waals surface area contributed by atoms with Gasteiger partial charge in [-0.1, -0.05) is 34.6 Å². The summed E-state index contributed by atoms with van der Waals surface area (Å²) in [6.07, 6.45) is 6.53. The summed E-state index contributed by atoms with van der Waals surface area (Å²) in [5, 5.41) is 35.0. The minimum Gasteiger partial charge on any atom is -0.455 e. The second-order valence-electron chi connectivity index (χ2n) is 15.1. The van der Waals surface area contributed by atoms with Gasteiger partial charge in [-0.3, -0.25) is 4.79 Å². The van der Waals surface area contributed by atoms with Crippen molar-refractivity contribution in [1.82, 2.24) is 0 Å². The lowest BCUT2D eigenvalue weighted by atomic mass is 9.33. The van der Waals surface area contributed by atoms with Crippen LogP contribution in [-0.4, -0.2) is 44.7 Å². The molecule has 3 N–H and O–H groups in total. The Labute approximate surface area is 210 Å². The lowest BCUT2D eigenvalue weighted by Gasteiger charge is -2.72. The molecule has 7 rings (SSSR count). The minimum atomic E-state index is -1.28. The first-order valence-corrected chi connectivity index (χ1v) is 14.1. The SMILES string of the molecule is CC1(C)C(O)CCC2(C)C1CCC1(C)C2CC(O)C2=C3C4(CCC(C)(OC4=O)C3(C)O)CCC21C. The first-order valence-electron chi connectivity index (χ1n) is 14.1. The van der Waals surface area contributed by atoms with Gasteiger partial charge in [0.05, 0.1) is 17.6 Å². The van der Waals surface area contributed by atoms with Crippen LogP contribution in [0.2, 0.25) is 0 Å². The van der Waals surface area contributed by atoms with Crippen molar-refractivity contribution in [3.63, 3.8) is 0 Å². The van der Waals surface area contributed by atoms with Gasteiger partial charge in [-0.25, -0.2) is 0 Å². The Balaban J connectivity index is 1.54. The monoisotopic (exact) mass is 486 g/mol. The topological polar surface area (TPSA) is 87.0 Å². The molecule has 10 atom stereocenters. The van der Waals surface area contributed by atoms with E-state index in [1.54, 1.807) is 0 Å². The van der Waals surface area contributed by atoms with Crippen LogP contribution in [0.1, 0.15) is 106 Å². The van der Waals surface area contributed by atoms with Crippen molar-refractivity contribution in [3.8, 4) is 0 Å². The number of carbonyl (C=O) groups excluding carboxylic acids is 1. The van der Waals surface area contributed by atoms with Crippen LogP contribution in [0, 0.1) is 38.9 Å². The first kappa shape index (κ1) is 24.4. The average molecular weight is 487 g/mol. The van der Waals surface area contributed by atoms with E-state index in [9.17, 15) is 20.1 Å². The molecule has 2 bridgehead atoms. The van der Waals surface area contributed by atoms with Gasteiger partial charge in [0.25, 0.3) is 0 Å². The molecular formula is C30H46O5. The normalized spacial score (nSPS) is 58.6. The molecule has 35 heavy (non-hydrogen) atoms. The standard InChI is InChI=1S/C30H46O5/c1-24(2)18-8-11-26(4)19(25(18,3)10-9-20(24)32)16-17(31)21-22-29(7,34)28(6)13-15-30(22,23(33)35-28)14-12-27(21,26)5/h17-20,31-32,34H,8-16H2,1-7H3. The third kappa shape index (κ3) is 2.46. The van der Waals surface area contributed by atoms with Gasteiger partial charge in [0, 0.05) is 0 Å². The van der Waals surface area contributed by atoms with Crippen LogP contribution in [0.25, 0.3) is 0 Å². The van der Waals surface area contributed by atoms with Crippen molar-refractivity contribution < 1.29 is 24.9 Å². The van der Waals surface area contributed by atoms with E-state index in [2.05, 4.69) is 34.6 Å². The second kappa shape index (κ2) is 6.56. The van der Waals surface area contributed by atoms with Crippen LogP contribution < -0.4 is 0 Å². The van der Waals surface area contributed by atoms with Crippen molar-refractivity contribution in [2.45, 2.75) is 130 Å². The number of carbonyl (C=O) groups is 1. The number of rotatable bonds is 0. The van der Waals surface area contributed by atoms with Gasteiger partial charge in [0.15, 0.2) is 0 Å². The van der Waals surface area contributed by atoms with Gasteiger partial charge >= 0.3 is 5.97 Å². The fourth-order valence-corrected chi connectivity index (χ4v) is 11.2. The molecule has 2 heterocycles. The highest BCUT2D eigenvalue weighted by molar-refractivity contribution is 5.86. The molecule has 0 aromatic rings. The number of hydrogen-bond acceptors (Lipinski definition) is 5. The number of esters is 1. The molecule has 5 heteroatoms. The van der Waals surface area contributed by atoms with E-state index < -0.39 is 22.7 Å². The number of ether oxygens (including phenoxy) is 1. The van der Waals surface area contributed by atoms with Crippen LogP contribution in [0.3, 0.4) is 0 Å². The molecule has 2 saturated heterocycles. The summed E-state index contributed by atoms with van der Waals surface area (Å²) < 4.78 is 5.92. The summed E-state index contributed by atoms with van der Waals surface area (Å²) in [5.41, 5.74) is -1.67. The summed E-state index contributed by atoms with van der Waals surface area (Å²) >= 11 is 0. The third-order valence-electron chi connectivity index (χ3n) is 13.7. The molecule has 7 aliphatic rings. The molecule has 4 saturated carbocycles. The molecule has 6 fully saturated rings. The predicted octanol–water partition coefficient (Wildman–Crippen LogP) is 4.91. The van der Waals surface area contributed by atoms with Gasteiger partial charge in [0.2, 0.25) is 0 Å². The van der Waals surface area contributed by atoms with Crippen molar-refractivity contribution in [3.05, 3.63) is 11.1 Å². The molecule has 196 valence electrons. The van der Waals surface area contributed by atoms with Crippen LogP contribution in [0.5, 0.6) is 0 Å². The van der Waals surface area contributed by atoms with E-state index in [1.807, 2.05) is 13.8 Å². The van der Waals surface area contributed by atoms with Gasteiger partial charge in [0.1, 0.15) is 11.2 Å². The van der Waals surface area contributed by atoms with E-state index in [1.165, 1.54) is 0 Å². The number of hydrogen-bond donors (Lipinski definition) is 3. The summed E-state index contributed by atoms with van der Waals surface area (Å²) in [6.45, 7) is 15.4. The number of fused-ring (bicyclic) bond motifs is 7. The van der Waals surface area contributed by atoms with Gasteiger partial charge in [-0.15, -0.1) is 0 Å². The second-order valence-corrected chi connectivity index (χ2v) is 15.1. The molecule has 10 unspecified atom stereocenters. The van der Waals surface area contributed by atoms with Crippen molar-refractivity contribution >= 4 is 5.97 Å². The molecule has 1 spiro atoms. The Morgan fingerprint density at radius 2 is 1.49 bits per heavy atom. The summed E-state index contributed by atoms with van der Waals surface area (Å²) in [4.78, 5) is 13.4. The molecule has 5 aliphatic carbocycles. The zero-order chi connectivity index (χ0) is 25.6. The molecule has 0 aromatic carbocycles. The Kier molecular flexibility index (Phi) is 4.58. The molecular weight excluding hydrogens is 440 g/mol. The third-order valence-corrected chi connectivity index (χ3v) is 13.7. The van der Waals surface area contributed by atoms with E-state index in [4.69, 9.17) is 4.74 Å². The zero-order valence-corrected chi connectivity index (χ0v) is 22.8. The molecule has 5 nitrogen and oxygen atoms in total. The lowest BCUT2D eigenvalue weighted by molar-refractivity contribution is -0.245. The number of aliphatic hydroxyl groups excluding tert-OH is 2. The van der Waals surface area contributed by atoms with Gasteiger partial charge in [-0.2, -0.15) is 0 Å². The van der Waals surface area contributed by atoms with E-state index in [0.29, 0.717) is 37.5 Å². The molecule has 0 radical (unpaired) electrons. The average Bonchev–Trinajstić information content (AvgIpc) is 2.75. The Morgan fingerprint density at radius 1 is 0.829 bits per heavy atom. The predicted molar refractivity (Wildman–Crippen MR) is 133 cm³/mol. The zero-order valence-electron chi connectivity index (χ0n) is 22.8. The molecule has 0 aromatic heterocycles. The fraction of sp³-hybridized carbons (Fsp3) is 0.900. The fourth-order valence-electron chi connectivity index (χ4n) is 11.2. The summed E-state index contributed by atoms with van der Waals surface area (Å²) in [6, 6.07) is 0. The van der Waals surface area contributed by atoms with E-state index >= 15 is 0 Å². The smallest absolute Gasteiger partial charge is 0.317 e. The summed E-state index contributed by atoms with van der Waals surface area (Å²) in [7, 11) is 0. The van der Waals surface area contributed by atoms with Crippen molar-refractivity contribution in [2.24, 2.45) is 38.9 Å². The van der Waals surface area contributed by atoms with Crippen LogP contribution in [0.15, 0.2) is 11.1 Å². The highest BCUT2D eigenvalue weighted by Gasteiger charge is 2.75. The minimum absolute atomic E-state index is 0.0443. The van der Waals surface area contributed by atoms with Crippen LogP contribution in [0.4, 0.5) is 0 Å². The first-order chi connectivity index (χ1) is 16.0.